The van der Waals surface area contributed by atoms with Gasteiger partial charge in [-0.1, -0.05) is 121 Å². The zero-order chi connectivity index (χ0) is 32.3. The Morgan fingerprint density at radius 2 is 1.08 bits per heavy atom. The van der Waals surface area contributed by atoms with E-state index in [0.717, 1.165) is 55.8 Å². The van der Waals surface area contributed by atoms with Gasteiger partial charge in [-0.3, -0.25) is 0 Å². The molecule has 0 radical (unpaired) electrons. The number of hydrogen-bond acceptors (Lipinski definition) is 2. The summed E-state index contributed by atoms with van der Waals surface area (Å²) < 4.78 is 9.20. The summed E-state index contributed by atoms with van der Waals surface area (Å²) in [6.45, 7) is 0. The predicted octanol–water partition coefficient (Wildman–Crippen LogP) is 13.0. The number of fused-ring (bicyclic) bond motifs is 7. The zero-order valence-corrected chi connectivity index (χ0v) is 26.6. The summed E-state index contributed by atoms with van der Waals surface area (Å²) in [6.07, 6.45) is 0. The highest BCUT2D eigenvalue weighted by Crippen LogP contribution is 2.47. The Kier molecular flexibility index (Phi) is 6.18. The van der Waals surface area contributed by atoms with Gasteiger partial charge in [0.15, 0.2) is 0 Å². The molecule has 8 aromatic carbocycles. The molecule has 0 aliphatic heterocycles. The van der Waals surface area contributed by atoms with Gasteiger partial charge in [0.05, 0.1) is 27.8 Å². The normalized spacial score (nSPS) is 11.7. The van der Waals surface area contributed by atoms with E-state index in [-0.39, 0.29) is 0 Å². The van der Waals surface area contributed by atoms with Crippen molar-refractivity contribution in [2.45, 2.75) is 0 Å². The molecule has 0 aliphatic carbocycles. The summed E-state index contributed by atoms with van der Waals surface area (Å²) in [5.41, 5.74) is 10.7. The van der Waals surface area contributed by atoms with E-state index in [1.165, 1.54) is 32.6 Å². The van der Waals surface area contributed by atoms with E-state index < -0.39 is 0 Å². The minimum atomic E-state index is 0.871. The third-order valence-corrected chi connectivity index (χ3v) is 9.76. The van der Waals surface area contributed by atoms with Crippen molar-refractivity contribution >= 4 is 71.6 Å². The highest BCUT2D eigenvalue weighted by atomic mass is 16.3. The van der Waals surface area contributed by atoms with Gasteiger partial charge in [0, 0.05) is 38.5 Å². The molecule has 0 unspecified atom stereocenters. The lowest BCUT2D eigenvalue weighted by Gasteiger charge is -2.28. The Hall–Kier alpha value is -6.58. The van der Waals surface area contributed by atoms with Crippen molar-refractivity contribution in [1.82, 2.24) is 4.57 Å². The van der Waals surface area contributed by atoms with Crippen LogP contribution in [0.2, 0.25) is 0 Å². The van der Waals surface area contributed by atoms with Crippen LogP contribution in [0.3, 0.4) is 0 Å². The van der Waals surface area contributed by atoms with Crippen LogP contribution in [-0.4, -0.2) is 4.57 Å². The molecule has 0 saturated carbocycles. The lowest BCUT2D eigenvalue weighted by molar-refractivity contribution is 0.670. The second-order valence-electron chi connectivity index (χ2n) is 12.5. The molecule has 10 rings (SSSR count). The third kappa shape index (κ3) is 4.29. The van der Waals surface area contributed by atoms with Crippen molar-refractivity contribution in [3.8, 4) is 16.8 Å². The second kappa shape index (κ2) is 11.0. The Bertz CT molecular complexity index is 2780. The molecule has 0 atom stereocenters. The van der Waals surface area contributed by atoms with Gasteiger partial charge in [-0.2, -0.15) is 0 Å². The smallest absolute Gasteiger partial charge is 0.145 e. The standard InChI is InChI=1S/C46H30N2O/c1-2-17-33(18-3-1)47(40-26-13-15-31-14-4-5-20-35(31)40)43-29-28-36(46-45(43)39-23-8-11-27-44(39)49-46)32-16-12-19-34(30-32)48-41-24-9-6-21-37(41)38-22-7-10-25-42(38)48/h1-30H. The first-order valence-corrected chi connectivity index (χ1v) is 16.7. The number of hydrogen-bond donors (Lipinski definition) is 0. The van der Waals surface area contributed by atoms with Crippen LogP contribution in [-0.2, 0) is 0 Å². The fourth-order valence-electron chi connectivity index (χ4n) is 7.63. The molecule has 2 aromatic heterocycles. The number of rotatable bonds is 5. The number of para-hydroxylation sites is 4. The topological polar surface area (TPSA) is 21.3 Å². The van der Waals surface area contributed by atoms with Crippen molar-refractivity contribution in [3.63, 3.8) is 0 Å². The number of aromatic nitrogens is 1. The molecule has 230 valence electrons. The van der Waals surface area contributed by atoms with Crippen LogP contribution >= 0.6 is 0 Å². The first kappa shape index (κ1) is 27.5. The lowest BCUT2D eigenvalue weighted by atomic mass is 9.99. The summed E-state index contributed by atoms with van der Waals surface area (Å²) in [6, 6.07) is 64.8. The summed E-state index contributed by atoms with van der Waals surface area (Å²) in [5, 5.41) is 7.08. The Morgan fingerprint density at radius 3 is 1.88 bits per heavy atom. The third-order valence-electron chi connectivity index (χ3n) is 9.76. The monoisotopic (exact) mass is 626 g/mol. The van der Waals surface area contributed by atoms with Crippen molar-refractivity contribution < 1.29 is 4.42 Å². The molecule has 3 nitrogen and oxygen atoms in total. The average molecular weight is 627 g/mol. The number of furan rings is 1. The number of nitrogens with zero attached hydrogens (tertiary/aromatic N) is 2. The van der Waals surface area contributed by atoms with Gasteiger partial charge in [-0.15, -0.1) is 0 Å². The molecule has 2 heterocycles. The zero-order valence-electron chi connectivity index (χ0n) is 26.6. The lowest BCUT2D eigenvalue weighted by Crippen LogP contribution is -2.11. The van der Waals surface area contributed by atoms with Crippen LogP contribution < -0.4 is 4.90 Å². The molecule has 3 heteroatoms. The van der Waals surface area contributed by atoms with E-state index >= 15 is 0 Å². The van der Waals surface area contributed by atoms with Crippen LogP contribution in [0.15, 0.2) is 186 Å². The Labute approximate surface area is 283 Å². The molecule has 0 spiro atoms. The minimum absolute atomic E-state index is 0.871. The molecule has 0 fully saturated rings. The molecular formula is C46H30N2O. The first-order chi connectivity index (χ1) is 24.3. The van der Waals surface area contributed by atoms with Crippen molar-refractivity contribution in [1.29, 1.82) is 0 Å². The maximum absolute atomic E-state index is 6.83. The quantitative estimate of drug-likeness (QED) is 0.190. The molecule has 0 bridgehead atoms. The number of benzene rings is 8. The van der Waals surface area contributed by atoms with Gasteiger partial charge < -0.3 is 13.9 Å². The molecular weight excluding hydrogens is 597 g/mol. The van der Waals surface area contributed by atoms with E-state index in [1.54, 1.807) is 0 Å². The molecule has 0 saturated heterocycles. The molecule has 0 aliphatic rings. The van der Waals surface area contributed by atoms with E-state index in [1.807, 2.05) is 6.07 Å². The van der Waals surface area contributed by atoms with E-state index in [9.17, 15) is 0 Å². The van der Waals surface area contributed by atoms with E-state index in [2.05, 4.69) is 185 Å². The van der Waals surface area contributed by atoms with Crippen molar-refractivity contribution in [2.24, 2.45) is 0 Å². The highest BCUT2D eigenvalue weighted by molar-refractivity contribution is 6.18. The predicted molar refractivity (Wildman–Crippen MR) is 206 cm³/mol. The fourth-order valence-corrected chi connectivity index (χ4v) is 7.63. The first-order valence-electron chi connectivity index (χ1n) is 16.7. The van der Waals surface area contributed by atoms with Crippen molar-refractivity contribution in [3.05, 3.63) is 182 Å². The summed E-state index contributed by atoms with van der Waals surface area (Å²) >= 11 is 0. The van der Waals surface area contributed by atoms with Crippen molar-refractivity contribution in [2.75, 3.05) is 4.90 Å². The Balaban J connectivity index is 1.24. The molecule has 10 aromatic rings. The largest absolute Gasteiger partial charge is 0.455 e. The maximum atomic E-state index is 6.83. The second-order valence-corrected chi connectivity index (χ2v) is 12.5. The molecule has 0 amide bonds. The van der Waals surface area contributed by atoms with Crippen LogP contribution in [0.1, 0.15) is 0 Å². The summed E-state index contributed by atoms with van der Waals surface area (Å²) in [4.78, 5) is 2.38. The SMILES string of the molecule is c1ccc(N(c2cccc3ccccc23)c2ccc(-c3cccc(-n4c5ccccc5c5ccccc54)c3)c3oc4ccccc4c23)cc1. The summed E-state index contributed by atoms with van der Waals surface area (Å²) in [7, 11) is 0. The van der Waals surface area contributed by atoms with Gasteiger partial charge in [-0.05, 0) is 71.6 Å². The summed E-state index contributed by atoms with van der Waals surface area (Å²) in [5.74, 6) is 0. The average Bonchev–Trinajstić information content (AvgIpc) is 3.72. The van der Waals surface area contributed by atoms with Gasteiger partial charge in [0.25, 0.3) is 0 Å². The van der Waals surface area contributed by atoms with Gasteiger partial charge in [0.1, 0.15) is 11.2 Å². The van der Waals surface area contributed by atoms with Gasteiger partial charge in [0.2, 0.25) is 0 Å². The van der Waals surface area contributed by atoms with Crippen LogP contribution in [0.5, 0.6) is 0 Å². The van der Waals surface area contributed by atoms with Crippen LogP contribution in [0, 0.1) is 0 Å². The van der Waals surface area contributed by atoms with E-state index in [4.69, 9.17) is 4.42 Å². The molecule has 0 N–H and O–H groups in total. The van der Waals surface area contributed by atoms with Crippen LogP contribution in [0.4, 0.5) is 17.1 Å². The minimum Gasteiger partial charge on any atom is -0.455 e. The fraction of sp³-hybridized carbons (Fsp3) is 0. The highest BCUT2D eigenvalue weighted by Gasteiger charge is 2.23. The van der Waals surface area contributed by atoms with Gasteiger partial charge in [-0.25, -0.2) is 0 Å². The van der Waals surface area contributed by atoms with E-state index in [0.29, 0.717) is 0 Å². The molecule has 49 heavy (non-hydrogen) atoms. The maximum Gasteiger partial charge on any atom is 0.145 e. The Morgan fingerprint density at radius 1 is 0.449 bits per heavy atom. The van der Waals surface area contributed by atoms with Gasteiger partial charge >= 0.3 is 0 Å². The van der Waals surface area contributed by atoms with Crippen LogP contribution in [0.25, 0.3) is 71.3 Å². The number of anilines is 3.